The second kappa shape index (κ2) is 32.7. The molecule has 0 aliphatic carbocycles. The molecule has 7 heteroatoms. The Hall–Kier alpha value is 0.780. The molecular weight excluding hydrogens is 643 g/mol. The molecule has 3 nitrogen and oxygen atoms in total. The average Bonchev–Trinajstić information content (AvgIpc) is 3.05. The number of hydrogen-bond donors (Lipinski definition) is 0. The van der Waals surface area contributed by atoms with E-state index < -0.39 is 28.5 Å². The first-order valence-corrected chi connectivity index (χ1v) is 26.6. The van der Waals surface area contributed by atoms with E-state index in [4.69, 9.17) is 7.94 Å². The van der Waals surface area contributed by atoms with Gasteiger partial charge in [0.2, 0.25) is 0 Å². The van der Waals surface area contributed by atoms with Crippen molar-refractivity contribution in [2.45, 2.75) is 221 Å². The van der Waals surface area contributed by atoms with Gasteiger partial charge in [-0.05, 0) is 73.0 Å². The summed E-state index contributed by atoms with van der Waals surface area (Å²) in [5, 5.41) is 0. The molecule has 0 N–H and O–H groups in total. The largest absolute Gasteiger partial charge is 0.532 e. The molecule has 0 saturated carbocycles. The molecule has 0 aromatic carbocycles. The summed E-state index contributed by atoms with van der Waals surface area (Å²) < 4.78 is 44.0. The van der Waals surface area contributed by atoms with Crippen molar-refractivity contribution in [1.82, 2.24) is 0 Å². The lowest BCUT2D eigenvalue weighted by Gasteiger charge is -2.44. The molecule has 0 heterocycles. The van der Waals surface area contributed by atoms with E-state index in [1.807, 2.05) is 0 Å². The van der Waals surface area contributed by atoms with Crippen LogP contribution in [0.25, 0.3) is 0 Å². The van der Waals surface area contributed by atoms with E-state index in [0.29, 0.717) is 0 Å². The summed E-state index contributed by atoms with van der Waals surface area (Å²) in [6.07, 6.45) is 33.2. The SMILES string of the molecule is CCCCCCCCS(CCCC)(CCCCCCCC)OP(=O)(F)OS(CCCC)(CCCCCCCC)CCCCCCCC. The van der Waals surface area contributed by atoms with Gasteiger partial charge in [0.15, 0.2) is 0 Å². The lowest BCUT2D eigenvalue weighted by atomic mass is 10.1. The summed E-state index contributed by atoms with van der Waals surface area (Å²) >= 11 is 0. The number of unbranched alkanes of at least 4 members (excludes halogenated alkanes) is 22. The third-order valence-corrected chi connectivity index (χ3v) is 19.9. The summed E-state index contributed by atoms with van der Waals surface area (Å²) in [5.41, 5.74) is 0. The van der Waals surface area contributed by atoms with Gasteiger partial charge in [-0.1, -0.05) is 183 Å². The summed E-state index contributed by atoms with van der Waals surface area (Å²) in [7, 11) is -8.34. The first-order chi connectivity index (χ1) is 22.8. The second-order valence-electron chi connectivity index (χ2n) is 14.5. The number of halogens is 1. The van der Waals surface area contributed by atoms with Crippen molar-refractivity contribution in [2.75, 3.05) is 34.5 Å². The van der Waals surface area contributed by atoms with E-state index >= 15 is 4.20 Å². The molecular formula is C40H86FO3PS2. The highest BCUT2D eigenvalue weighted by Gasteiger charge is 2.42. The van der Waals surface area contributed by atoms with Gasteiger partial charge in [0.1, 0.15) is 0 Å². The zero-order chi connectivity index (χ0) is 35.0. The number of rotatable bonds is 38. The van der Waals surface area contributed by atoms with Crippen LogP contribution in [0.5, 0.6) is 0 Å². The molecule has 0 saturated heterocycles. The normalized spacial score (nSPS) is 13.4. The van der Waals surface area contributed by atoms with Crippen molar-refractivity contribution in [2.24, 2.45) is 0 Å². The molecule has 0 spiro atoms. The standard InChI is InChI=1S/C40H86FO3PS2/c1-7-13-19-23-27-31-37-46(35-17-11-5,38-32-28-24-20-14-8-2)43-45(41,42)44-47(36-18-12-6,39-33-29-25-21-15-9-3)40-34-30-26-22-16-10-4/h7-40H2,1-6H3. The maximum atomic E-state index is 16.8. The van der Waals surface area contributed by atoms with Crippen LogP contribution in [0.1, 0.15) is 221 Å². The molecule has 0 aliphatic heterocycles. The summed E-state index contributed by atoms with van der Waals surface area (Å²) in [5.74, 6) is 5.29. The predicted octanol–water partition coefficient (Wildman–Crippen LogP) is 16.6. The van der Waals surface area contributed by atoms with E-state index in [9.17, 15) is 4.57 Å². The smallest absolute Gasteiger partial charge is 0.233 e. The summed E-state index contributed by atoms with van der Waals surface area (Å²) in [6.45, 7) is 13.5. The van der Waals surface area contributed by atoms with Gasteiger partial charge < -0.3 is 0 Å². The third-order valence-electron chi connectivity index (χ3n) is 9.71. The topological polar surface area (TPSA) is 35.5 Å². The van der Waals surface area contributed by atoms with E-state index in [2.05, 4.69) is 41.5 Å². The van der Waals surface area contributed by atoms with Crippen molar-refractivity contribution in [3.05, 3.63) is 0 Å². The summed E-state index contributed by atoms with van der Waals surface area (Å²) in [4.78, 5) is 0. The molecule has 0 radical (unpaired) electrons. The fourth-order valence-electron chi connectivity index (χ4n) is 6.62. The molecule has 0 aromatic rings. The van der Waals surface area contributed by atoms with Crippen LogP contribution >= 0.6 is 28.5 Å². The van der Waals surface area contributed by atoms with Crippen LogP contribution in [0.2, 0.25) is 0 Å². The van der Waals surface area contributed by atoms with Crippen LogP contribution in [0.15, 0.2) is 0 Å². The fraction of sp³-hybridized carbons (Fsp3) is 1.00. The predicted molar refractivity (Wildman–Crippen MR) is 219 cm³/mol. The molecule has 47 heavy (non-hydrogen) atoms. The van der Waals surface area contributed by atoms with E-state index in [-0.39, 0.29) is 0 Å². The van der Waals surface area contributed by atoms with E-state index in [1.54, 1.807) is 0 Å². The molecule has 0 aromatic heterocycles. The van der Waals surface area contributed by atoms with Gasteiger partial charge in [0.25, 0.3) is 0 Å². The van der Waals surface area contributed by atoms with Crippen molar-refractivity contribution in [3.8, 4) is 0 Å². The Morgan fingerprint density at radius 3 is 0.766 bits per heavy atom. The highest BCUT2D eigenvalue weighted by atomic mass is 32.3. The molecule has 0 atom stereocenters. The van der Waals surface area contributed by atoms with Crippen LogP contribution < -0.4 is 0 Å². The zero-order valence-corrected chi connectivity index (χ0v) is 35.4. The van der Waals surface area contributed by atoms with Gasteiger partial charge in [-0.25, -0.2) is 12.5 Å². The van der Waals surface area contributed by atoms with E-state index in [1.165, 1.54) is 128 Å². The highest BCUT2D eigenvalue weighted by molar-refractivity contribution is 8.33. The van der Waals surface area contributed by atoms with Gasteiger partial charge >= 0.3 is 7.91 Å². The minimum absolute atomic E-state index is 0.872. The van der Waals surface area contributed by atoms with Gasteiger partial charge in [-0.15, -0.1) is 24.8 Å². The zero-order valence-electron chi connectivity index (χ0n) is 32.9. The van der Waals surface area contributed by atoms with Gasteiger partial charge in [-0.3, -0.25) is 0 Å². The van der Waals surface area contributed by atoms with Crippen LogP contribution in [-0.4, -0.2) is 34.5 Å². The number of hydrogen-bond acceptors (Lipinski definition) is 3. The molecule has 0 bridgehead atoms. The maximum absolute atomic E-state index is 16.8. The molecule has 0 amide bonds. The van der Waals surface area contributed by atoms with Crippen LogP contribution in [0.3, 0.4) is 0 Å². The van der Waals surface area contributed by atoms with Gasteiger partial charge in [0.05, 0.1) is 0 Å². The second-order valence-corrected chi connectivity index (χ2v) is 22.9. The van der Waals surface area contributed by atoms with E-state index in [0.717, 1.165) is 85.9 Å². The molecule has 0 rings (SSSR count). The molecule has 0 unspecified atom stereocenters. The minimum Gasteiger partial charge on any atom is -0.233 e. The van der Waals surface area contributed by atoms with Crippen LogP contribution in [0.4, 0.5) is 4.20 Å². The Bertz CT molecular complexity index is 625. The molecule has 0 fully saturated rings. The van der Waals surface area contributed by atoms with Crippen LogP contribution in [-0.2, 0) is 12.5 Å². The Balaban J connectivity index is 6.03. The molecule has 288 valence electrons. The van der Waals surface area contributed by atoms with Gasteiger partial charge in [0, 0.05) is 0 Å². The monoisotopic (exact) mass is 729 g/mol. The Morgan fingerprint density at radius 2 is 0.532 bits per heavy atom. The quantitative estimate of drug-likeness (QED) is 0.0469. The van der Waals surface area contributed by atoms with Crippen molar-refractivity contribution >= 4 is 28.5 Å². The van der Waals surface area contributed by atoms with Crippen LogP contribution in [0, 0.1) is 0 Å². The lowest BCUT2D eigenvalue weighted by Crippen LogP contribution is -2.20. The first-order valence-electron chi connectivity index (χ1n) is 21.0. The Kier molecular flexibility index (Phi) is 33.2. The third kappa shape index (κ3) is 27.1. The minimum atomic E-state index is -4.71. The van der Waals surface area contributed by atoms with Crippen molar-refractivity contribution in [1.29, 1.82) is 0 Å². The lowest BCUT2D eigenvalue weighted by molar-refractivity contribution is 0.363. The van der Waals surface area contributed by atoms with Crippen molar-refractivity contribution in [3.63, 3.8) is 0 Å². The van der Waals surface area contributed by atoms with Gasteiger partial charge in [-0.2, -0.15) is 0 Å². The Morgan fingerprint density at radius 1 is 0.340 bits per heavy atom. The average molecular weight is 729 g/mol. The Labute approximate surface area is 299 Å². The van der Waals surface area contributed by atoms with Crippen molar-refractivity contribution < 1.29 is 16.7 Å². The highest BCUT2D eigenvalue weighted by Crippen LogP contribution is 2.73. The summed E-state index contributed by atoms with van der Waals surface area (Å²) in [6, 6.07) is 0. The first kappa shape index (κ1) is 47.8. The maximum Gasteiger partial charge on any atom is 0.532 e. The molecule has 0 aliphatic rings. The fourth-order valence-corrected chi connectivity index (χ4v) is 17.5.